The van der Waals surface area contributed by atoms with E-state index in [1.807, 2.05) is 0 Å². The number of rotatable bonds is 5. The van der Waals surface area contributed by atoms with Gasteiger partial charge in [-0.25, -0.2) is 9.07 Å². The molecule has 4 aromatic rings. The highest BCUT2D eigenvalue weighted by Crippen LogP contribution is 2.36. The number of phenolic OH excluding ortho intramolecular Hbond substituents is 2. The summed E-state index contributed by atoms with van der Waals surface area (Å²) in [6.07, 6.45) is 2.92. The van der Waals surface area contributed by atoms with Crippen molar-refractivity contribution in [3.63, 3.8) is 0 Å². The number of carbonyl (C=O) groups excluding carboxylic acids is 1. The quantitative estimate of drug-likeness (QED) is 0.447. The fourth-order valence-corrected chi connectivity index (χ4v) is 3.42. The second kappa shape index (κ2) is 8.38. The third-order valence-electron chi connectivity index (χ3n) is 4.95. The third kappa shape index (κ3) is 3.95. The molecule has 0 unspecified atom stereocenters. The Kier molecular flexibility index (Phi) is 5.46. The molecule has 0 atom stereocenters. The molecule has 0 aliphatic heterocycles. The number of H-pyrrole nitrogens is 1. The summed E-state index contributed by atoms with van der Waals surface area (Å²) in [4.78, 5) is 28.3. The van der Waals surface area contributed by atoms with E-state index in [-0.39, 0.29) is 34.7 Å². The number of amides is 1. The summed E-state index contributed by atoms with van der Waals surface area (Å²) < 4.78 is 15.6. The zero-order valence-electron chi connectivity index (χ0n) is 17.0. The van der Waals surface area contributed by atoms with Crippen molar-refractivity contribution < 1.29 is 19.4 Å². The lowest BCUT2D eigenvalue weighted by atomic mass is 10.0. The molecule has 32 heavy (non-hydrogen) atoms. The van der Waals surface area contributed by atoms with Gasteiger partial charge in [-0.05, 0) is 35.9 Å². The standard InChI is InChI=1S/C23H19FN4O4/c1-27(13-14-6-8-25-22(31)10-14)23(32)16-11-15(20(29)12-21(16)30)18-7-9-26-28(18)19-5-3-2-4-17(19)24/h2-12,29-30H,13H2,1H3,(H,25,31). The Morgan fingerprint density at radius 2 is 1.91 bits per heavy atom. The number of nitrogens with one attached hydrogen (secondary N) is 1. The van der Waals surface area contributed by atoms with Crippen LogP contribution in [0.1, 0.15) is 15.9 Å². The number of pyridine rings is 1. The summed E-state index contributed by atoms with van der Waals surface area (Å²) in [5.74, 6) is -1.74. The average Bonchev–Trinajstić information content (AvgIpc) is 3.23. The van der Waals surface area contributed by atoms with Crippen LogP contribution >= 0.6 is 0 Å². The lowest BCUT2D eigenvalue weighted by molar-refractivity contribution is 0.0782. The number of benzene rings is 2. The van der Waals surface area contributed by atoms with Gasteiger partial charge in [-0.2, -0.15) is 5.10 Å². The minimum atomic E-state index is -0.527. The van der Waals surface area contributed by atoms with Crippen LogP contribution in [0.5, 0.6) is 11.5 Å². The summed E-state index contributed by atoms with van der Waals surface area (Å²) in [6.45, 7) is 0.131. The molecular formula is C23H19FN4O4. The lowest BCUT2D eigenvalue weighted by Gasteiger charge is -2.19. The maximum Gasteiger partial charge on any atom is 0.257 e. The van der Waals surface area contributed by atoms with Crippen LogP contribution in [0.4, 0.5) is 4.39 Å². The van der Waals surface area contributed by atoms with Crippen molar-refractivity contribution in [2.24, 2.45) is 0 Å². The Morgan fingerprint density at radius 1 is 1.12 bits per heavy atom. The van der Waals surface area contributed by atoms with Gasteiger partial charge in [0.2, 0.25) is 5.56 Å². The SMILES string of the molecule is CN(Cc1cc[nH]c(=O)c1)C(=O)c1cc(-c2ccnn2-c2ccccc2F)c(O)cc1O. The summed E-state index contributed by atoms with van der Waals surface area (Å²) in [5.41, 5.74) is 0.946. The predicted molar refractivity (Wildman–Crippen MR) is 115 cm³/mol. The maximum absolute atomic E-state index is 14.3. The number of nitrogens with zero attached hydrogens (tertiary/aromatic N) is 3. The average molecular weight is 434 g/mol. The Hall–Kier alpha value is -4.40. The monoisotopic (exact) mass is 434 g/mol. The Balaban J connectivity index is 1.72. The van der Waals surface area contributed by atoms with E-state index in [0.29, 0.717) is 11.3 Å². The number of hydrogen-bond donors (Lipinski definition) is 3. The van der Waals surface area contributed by atoms with Crippen LogP contribution in [-0.2, 0) is 6.54 Å². The molecular weight excluding hydrogens is 415 g/mol. The fourth-order valence-electron chi connectivity index (χ4n) is 3.42. The van der Waals surface area contributed by atoms with Gasteiger partial charge in [-0.1, -0.05) is 12.1 Å². The fraction of sp³-hybridized carbons (Fsp3) is 0.0870. The van der Waals surface area contributed by atoms with Crippen molar-refractivity contribution in [3.05, 3.63) is 94.3 Å². The van der Waals surface area contributed by atoms with Crippen molar-refractivity contribution in [2.75, 3.05) is 7.05 Å². The number of halogens is 1. The molecule has 2 aromatic carbocycles. The topological polar surface area (TPSA) is 111 Å². The van der Waals surface area contributed by atoms with Crippen LogP contribution in [0.2, 0.25) is 0 Å². The lowest BCUT2D eigenvalue weighted by Crippen LogP contribution is -2.27. The molecule has 4 rings (SSSR count). The van der Waals surface area contributed by atoms with Crippen molar-refractivity contribution >= 4 is 5.91 Å². The number of hydrogen-bond acceptors (Lipinski definition) is 5. The molecule has 0 saturated heterocycles. The molecule has 9 heteroatoms. The largest absolute Gasteiger partial charge is 0.507 e. The minimum absolute atomic E-state index is 0.0635. The van der Waals surface area contributed by atoms with Crippen molar-refractivity contribution in [3.8, 4) is 28.4 Å². The number of aromatic amines is 1. The number of aromatic nitrogens is 3. The summed E-state index contributed by atoms with van der Waals surface area (Å²) >= 11 is 0. The first-order valence-electron chi connectivity index (χ1n) is 9.63. The Labute approximate surface area is 181 Å². The van der Waals surface area contributed by atoms with Crippen LogP contribution in [0.15, 0.2) is 71.8 Å². The molecule has 2 aromatic heterocycles. The second-order valence-corrected chi connectivity index (χ2v) is 7.19. The Bertz CT molecular complexity index is 1360. The van der Waals surface area contributed by atoms with E-state index in [1.54, 1.807) is 24.3 Å². The van der Waals surface area contributed by atoms with Gasteiger partial charge >= 0.3 is 0 Å². The smallest absolute Gasteiger partial charge is 0.257 e. The first-order chi connectivity index (χ1) is 15.3. The van der Waals surface area contributed by atoms with E-state index in [1.165, 1.54) is 53.3 Å². The molecule has 0 aliphatic rings. The van der Waals surface area contributed by atoms with Gasteiger partial charge in [0.05, 0.1) is 17.5 Å². The van der Waals surface area contributed by atoms with E-state index >= 15 is 0 Å². The van der Waals surface area contributed by atoms with Crippen molar-refractivity contribution in [1.82, 2.24) is 19.7 Å². The van der Waals surface area contributed by atoms with Gasteiger partial charge in [0.1, 0.15) is 23.0 Å². The zero-order chi connectivity index (χ0) is 22.8. The number of carbonyl (C=O) groups is 1. The third-order valence-corrected chi connectivity index (χ3v) is 4.95. The summed E-state index contributed by atoms with van der Waals surface area (Å²) in [7, 11) is 1.53. The van der Waals surface area contributed by atoms with E-state index < -0.39 is 17.5 Å². The number of para-hydroxylation sites is 1. The van der Waals surface area contributed by atoms with E-state index in [4.69, 9.17) is 0 Å². The number of phenols is 2. The van der Waals surface area contributed by atoms with Crippen LogP contribution in [-0.4, -0.2) is 42.8 Å². The maximum atomic E-state index is 14.3. The Morgan fingerprint density at radius 3 is 2.66 bits per heavy atom. The molecule has 3 N–H and O–H groups in total. The van der Waals surface area contributed by atoms with E-state index in [9.17, 15) is 24.2 Å². The second-order valence-electron chi connectivity index (χ2n) is 7.19. The van der Waals surface area contributed by atoms with Crippen LogP contribution < -0.4 is 5.56 Å². The zero-order valence-corrected chi connectivity index (χ0v) is 17.0. The van der Waals surface area contributed by atoms with E-state index in [0.717, 1.165) is 6.07 Å². The van der Waals surface area contributed by atoms with Crippen molar-refractivity contribution in [1.29, 1.82) is 0 Å². The summed E-state index contributed by atoms with van der Waals surface area (Å²) in [6, 6.07) is 13.0. The molecule has 0 aliphatic carbocycles. The molecule has 0 fully saturated rings. The molecule has 0 radical (unpaired) electrons. The highest BCUT2D eigenvalue weighted by Gasteiger charge is 2.22. The summed E-state index contributed by atoms with van der Waals surface area (Å²) in [5, 5.41) is 24.9. The van der Waals surface area contributed by atoms with Crippen LogP contribution in [0.25, 0.3) is 16.9 Å². The minimum Gasteiger partial charge on any atom is -0.507 e. The first-order valence-corrected chi connectivity index (χ1v) is 9.63. The number of aromatic hydroxyl groups is 2. The van der Waals surface area contributed by atoms with E-state index in [2.05, 4.69) is 10.1 Å². The molecule has 0 saturated carbocycles. The van der Waals surface area contributed by atoms with Gasteiger partial charge in [-0.3, -0.25) is 9.59 Å². The predicted octanol–water partition coefficient (Wildman–Crippen LogP) is 3.05. The van der Waals surface area contributed by atoms with Gasteiger partial charge in [0.15, 0.2) is 0 Å². The highest BCUT2D eigenvalue weighted by molar-refractivity contribution is 5.98. The molecule has 0 bridgehead atoms. The van der Waals surface area contributed by atoms with Gasteiger partial charge in [-0.15, -0.1) is 0 Å². The molecule has 2 heterocycles. The molecule has 162 valence electrons. The van der Waals surface area contributed by atoms with Gasteiger partial charge in [0, 0.05) is 37.5 Å². The molecule has 1 amide bonds. The van der Waals surface area contributed by atoms with Gasteiger partial charge < -0.3 is 20.1 Å². The van der Waals surface area contributed by atoms with Crippen LogP contribution in [0.3, 0.4) is 0 Å². The molecule has 8 nitrogen and oxygen atoms in total. The first kappa shape index (κ1) is 20.9. The highest BCUT2D eigenvalue weighted by atomic mass is 19.1. The van der Waals surface area contributed by atoms with Gasteiger partial charge in [0.25, 0.3) is 5.91 Å². The molecule has 0 spiro atoms. The van der Waals surface area contributed by atoms with Crippen molar-refractivity contribution in [2.45, 2.75) is 6.54 Å². The van der Waals surface area contributed by atoms with Crippen LogP contribution in [0, 0.1) is 5.82 Å². The normalized spacial score (nSPS) is 10.8.